The summed E-state index contributed by atoms with van der Waals surface area (Å²) < 4.78 is 5.38. The molecule has 3 aromatic rings. The van der Waals surface area contributed by atoms with Gasteiger partial charge in [-0.15, -0.1) is 0 Å². The fourth-order valence-electron chi connectivity index (χ4n) is 2.64. The van der Waals surface area contributed by atoms with Crippen molar-refractivity contribution in [1.29, 1.82) is 0 Å². The normalized spacial score (nSPS) is 19.3. The molecule has 0 aliphatic carbocycles. The molecule has 0 bridgehead atoms. The minimum absolute atomic E-state index is 0.214. The lowest BCUT2D eigenvalue weighted by Crippen LogP contribution is -2.12. The summed E-state index contributed by atoms with van der Waals surface area (Å²) in [5.74, 6) is 1.35. The first kappa shape index (κ1) is 10.8. The van der Waals surface area contributed by atoms with Crippen LogP contribution >= 0.6 is 0 Å². The standard InChI is InChI=1S/C14H14N4O/c1-2-5-11-9(4-1)10(8-16-11)13-17-14(19-18-13)12-6-3-7-15-12/h1-2,4-5,8,12,15-16H,3,6-7H2. The number of fused-ring (bicyclic) bond motifs is 1. The molecule has 1 saturated heterocycles. The highest BCUT2D eigenvalue weighted by molar-refractivity contribution is 5.93. The zero-order valence-corrected chi connectivity index (χ0v) is 10.4. The van der Waals surface area contributed by atoms with E-state index in [9.17, 15) is 0 Å². The summed E-state index contributed by atoms with van der Waals surface area (Å²) in [5.41, 5.74) is 2.08. The first-order valence-electron chi connectivity index (χ1n) is 6.55. The lowest BCUT2D eigenvalue weighted by atomic mass is 10.1. The second-order valence-corrected chi connectivity index (χ2v) is 4.85. The number of nitrogens with zero attached hydrogens (tertiary/aromatic N) is 2. The molecule has 0 spiro atoms. The van der Waals surface area contributed by atoms with Gasteiger partial charge in [0.25, 0.3) is 0 Å². The van der Waals surface area contributed by atoms with Gasteiger partial charge in [0, 0.05) is 22.7 Å². The van der Waals surface area contributed by atoms with E-state index in [1.165, 1.54) is 0 Å². The van der Waals surface area contributed by atoms with E-state index in [1.54, 1.807) is 0 Å². The van der Waals surface area contributed by atoms with Crippen LogP contribution in [0.5, 0.6) is 0 Å². The minimum Gasteiger partial charge on any atom is -0.360 e. The number of para-hydroxylation sites is 1. The second-order valence-electron chi connectivity index (χ2n) is 4.85. The van der Waals surface area contributed by atoms with Crippen LogP contribution in [0.25, 0.3) is 22.3 Å². The van der Waals surface area contributed by atoms with Crippen molar-refractivity contribution < 1.29 is 4.52 Å². The molecule has 2 N–H and O–H groups in total. The molecular weight excluding hydrogens is 240 g/mol. The molecule has 1 aliphatic rings. The first-order valence-corrected chi connectivity index (χ1v) is 6.55. The molecule has 4 rings (SSSR count). The SMILES string of the molecule is c1ccc2c(-c3noc(C4CCCN4)n3)c[nH]c2c1. The van der Waals surface area contributed by atoms with Gasteiger partial charge in [0.05, 0.1) is 6.04 Å². The summed E-state index contributed by atoms with van der Waals surface area (Å²) in [5, 5.41) is 8.59. The molecule has 1 aromatic carbocycles. The number of hydrogen-bond donors (Lipinski definition) is 2. The van der Waals surface area contributed by atoms with E-state index in [-0.39, 0.29) is 6.04 Å². The van der Waals surface area contributed by atoms with Crippen LogP contribution in [0.4, 0.5) is 0 Å². The maximum Gasteiger partial charge on any atom is 0.244 e. The van der Waals surface area contributed by atoms with Crippen molar-refractivity contribution in [2.75, 3.05) is 6.54 Å². The lowest BCUT2D eigenvalue weighted by molar-refractivity contribution is 0.345. The average molecular weight is 254 g/mol. The van der Waals surface area contributed by atoms with Gasteiger partial charge < -0.3 is 14.8 Å². The van der Waals surface area contributed by atoms with Crippen LogP contribution in [-0.2, 0) is 0 Å². The number of aromatic nitrogens is 3. The number of benzene rings is 1. The molecular formula is C14H14N4O. The van der Waals surface area contributed by atoms with Gasteiger partial charge in [0.2, 0.25) is 11.7 Å². The van der Waals surface area contributed by atoms with Crippen molar-refractivity contribution in [2.45, 2.75) is 18.9 Å². The van der Waals surface area contributed by atoms with Crippen molar-refractivity contribution in [2.24, 2.45) is 0 Å². The van der Waals surface area contributed by atoms with Crippen LogP contribution in [-0.4, -0.2) is 21.7 Å². The Labute approximate surface area is 110 Å². The van der Waals surface area contributed by atoms with Gasteiger partial charge in [-0.1, -0.05) is 23.4 Å². The Morgan fingerprint density at radius 3 is 3.11 bits per heavy atom. The highest BCUT2D eigenvalue weighted by atomic mass is 16.5. The van der Waals surface area contributed by atoms with E-state index in [0.717, 1.165) is 35.9 Å². The summed E-state index contributed by atoms with van der Waals surface area (Å²) in [7, 11) is 0. The first-order chi connectivity index (χ1) is 9.42. The van der Waals surface area contributed by atoms with E-state index in [2.05, 4.69) is 26.5 Å². The Balaban J connectivity index is 1.76. The number of rotatable bonds is 2. The molecule has 1 aliphatic heterocycles. The van der Waals surface area contributed by atoms with E-state index < -0.39 is 0 Å². The molecule has 0 radical (unpaired) electrons. The van der Waals surface area contributed by atoms with Crippen LogP contribution < -0.4 is 5.32 Å². The Morgan fingerprint density at radius 2 is 2.21 bits per heavy atom. The van der Waals surface area contributed by atoms with E-state index in [0.29, 0.717) is 11.7 Å². The van der Waals surface area contributed by atoms with Gasteiger partial charge in [0.15, 0.2) is 0 Å². The van der Waals surface area contributed by atoms with E-state index in [4.69, 9.17) is 4.52 Å². The number of hydrogen-bond acceptors (Lipinski definition) is 4. The summed E-state index contributed by atoms with van der Waals surface area (Å²) in [6.07, 6.45) is 4.16. The topological polar surface area (TPSA) is 66.7 Å². The van der Waals surface area contributed by atoms with Gasteiger partial charge in [0.1, 0.15) is 0 Å². The van der Waals surface area contributed by atoms with Gasteiger partial charge in [-0.25, -0.2) is 0 Å². The summed E-state index contributed by atoms with van der Waals surface area (Å²) in [6.45, 7) is 1.02. The summed E-state index contributed by atoms with van der Waals surface area (Å²) in [4.78, 5) is 7.75. The number of H-pyrrole nitrogens is 1. The predicted octanol–water partition coefficient (Wildman–Crippen LogP) is 2.64. The van der Waals surface area contributed by atoms with Crippen LogP contribution in [0.1, 0.15) is 24.8 Å². The monoisotopic (exact) mass is 254 g/mol. The molecule has 1 unspecified atom stereocenters. The lowest BCUT2D eigenvalue weighted by Gasteiger charge is -2.01. The van der Waals surface area contributed by atoms with Crippen LogP contribution in [0.15, 0.2) is 35.0 Å². The van der Waals surface area contributed by atoms with Crippen molar-refractivity contribution in [3.05, 3.63) is 36.4 Å². The summed E-state index contributed by atoms with van der Waals surface area (Å²) >= 11 is 0. The van der Waals surface area contributed by atoms with Crippen LogP contribution in [0, 0.1) is 0 Å². The molecule has 0 amide bonds. The number of aromatic amines is 1. The van der Waals surface area contributed by atoms with Gasteiger partial charge in [-0.3, -0.25) is 0 Å². The van der Waals surface area contributed by atoms with Crippen molar-refractivity contribution >= 4 is 10.9 Å². The third-order valence-electron chi connectivity index (χ3n) is 3.63. The quantitative estimate of drug-likeness (QED) is 0.737. The number of nitrogens with one attached hydrogen (secondary N) is 2. The molecule has 1 atom stereocenters. The highest BCUT2D eigenvalue weighted by Gasteiger charge is 2.23. The Morgan fingerprint density at radius 1 is 1.26 bits per heavy atom. The molecule has 3 heterocycles. The summed E-state index contributed by atoms with van der Waals surface area (Å²) in [6, 6.07) is 8.33. The van der Waals surface area contributed by atoms with Crippen molar-refractivity contribution in [1.82, 2.24) is 20.4 Å². The molecule has 19 heavy (non-hydrogen) atoms. The Bertz CT molecular complexity index is 709. The zero-order valence-electron chi connectivity index (χ0n) is 10.4. The Kier molecular flexibility index (Phi) is 2.38. The zero-order chi connectivity index (χ0) is 12.7. The largest absolute Gasteiger partial charge is 0.360 e. The minimum atomic E-state index is 0.214. The molecule has 0 saturated carbocycles. The van der Waals surface area contributed by atoms with Gasteiger partial charge >= 0.3 is 0 Å². The van der Waals surface area contributed by atoms with Crippen molar-refractivity contribution in [3.8, 4) is 11.4 Å². The van der Waals surface area contributed by atoms with Crippen molar-refractivity contribution in [3.63, 3.8) is 0 Å². The molecule has 1 fully saturated rings. The predicted molar refractivity (Wildman–Crippen MR) is 71.6 cm³/mol. The fourth-order valence-corrected chi connectivity index (χ4v) is 2.64. The Hall–Kier alpha value is -2.14. The maximum atomic E-state index is 5.38. The van der Waals surface area contributed by atoms with Gasteiger partial charge in [-0.05, 0) is 25.5 Å². The maximum absolute atomic E-state index is 5.38. The van der Waals surface area contributed by atoms with E-state index >= 15 is 0 Å². The third kappa shape index (κ3) is 1.74. The van der Waals surface area contributed by atoms with Crippen LogP contribution in [0.2, 0.25) is 0 Å². The van der Waals surface area contributed by atoms with Crippen LogP contribution in [0.3, 0.4) is 0 Å². The van der Waals surface area contributed by atoms with E-state index in [1.807, 2.05) is 24.4 Å². The molecule has 2 aromatic heterocycles. The second kappa shape index (κ2) is 4.20. The third-order valence-corrected chi connectivity index (χ3v) is 3.63. The molecule has 5 heteroatoms. The average Bonchev–Trinajstić information content (AvgIpc) is 3.18. The highest BCUT2D eigenvalue weighted by Crippen LogP contribution is 2.28. The molecule has 5 nitrogen and oxygen atoms in total. The fraction of sp³-hybridized carbons (Fsp3) is 0.286. The smallest absolute Gasteiger partial charge is 0.244 e. The molecule has 96 valence electrons. The van der Waals surface area contributed by atoms with Gasteiger partial charge in [-0.2, -0.15) is 4.98 Å².